The molecule has 3 aromatic rings. The molecular formula is C19H17N3O3S. The molecule has 0 aliphatic heterocycles. The lowest BCUT2D eigenvalue weighted by Crippen LogP contribution is -2.14. The first-order valence-corrected chi connectivity index (χ1v) is 8.87. The van der Waals surface area contributed by atoms with Gasteiger partial charge in [0, 0.05) is 5.56 Å². The Morgan fingerprint density at radius 2 is 2.15 bits per heavy atom. The number of benzene rings is 2. The predicted octanol–water partition coefficient (Wildman–Crippen LogP) is 4.27. The maximum atomic E-state index is 11.9. The molecule has 2 aromatic carbocycles. The zero-order valence-corrected chi connectivity index (χ0v) is 15.4. The number of nitrogens with zero attached hydrogens (tertiary/aromatic N) is 2. The van der Waals surface area contributed by atoms with E-state index in [0.29, 0.717) is 17.3 Å². The van der Waals surface area contributed by atoms with E-state index in [1.165, 1.54) is 7.11 Å². The third kappa shape index (κ3) is 3.65. The van der Waals surface area contributed by atoms with Crippen molar-refractivity contribution >= 4 is 34.5 Å². The highest BCUT2D eigenvalue weighted by molar-refractivity contribution is 8.04. The van der Waals surface area contributed by atoms with Gasteiger partial charge in [0.2, 0.25) is 11.8 Å². The summed E-state index contributed by atoms with van der Waals surface area (Å²) in [6, 6.07) is 9.34. The number of oxazole rings is 1. The lowest BCUT2D eigenvalue weighted by molar-refractivity contribution is -0.113. The van der Waals surface area contributed by atoms with Crippen molar-refractivity contribution in [3.8, 4) is 22.6 Å². The smallest absolute Gasteiger partial charge is 0.235 e. The van der Waals surface area contributed by atoms with Crippen LogP contribution >= 0.6 is 11.8 Å². The maximum Gasteiger partial charge on any atom is 0.235 e. The molecule has 0 atom stereocenters. The van der Waals surface area contributed by atoms with Gasteiger partial charge in [-0.25, -0.2) is 4.98 Å². The van der Waals surface area contributed by atoms with Crippen molar-refractivity contribution in [2.24, 2.45) is 0 Å². The number of amides is 1. The van der Waals surface area contributed by atoms with E-state index < -0.39 is 0 Å². The van der Waals surface area contributed by atoms with Crippen molar-refractivity contribution in [2.45, 2.75) is 13.8 Å². The van der Waals surface area contributed by atoms with E-state index in [0.717, 1.165) is 39.6 Å². The topological polar surface area (TPSA) is 88.2 Å². The van der Waals surface area contributed by atoms with Gasteiger partial charge >= 0.3 is 0 Å². The molecule has 0 fully saturated rings. The molecule has 1 aromatic heterocycles. The SMILES string of the molecule is COc1ccc(-c2nc3cc(C)cc(C)c3o2)cc1NC(=O)CSC#N. The van der Waals surface area contributed by atoms with Gasteiger partial charge in [-0.2, -0.15) is 5.26 Å². The summed E-state index contributed by atoms with van der Waals surface area (Å²) in [5.74, 6) is 0.757. The van der Waals surface area contributed by atoms with Crippen LogP contribution in [0.15, 0.2) is 34.7 Å². The number of thioether (sulfide) groups is 1. The molecule has 0 unspecified atom stereocenters. The lowest BCUT2D eigenvalue weighted by atomic mass is 10.1. The molecule has 1 heterocycles. The first kappa shape index (κ1) is 17.8. The van der Waals surface area contributed by atoms with Gasteiger partial charge < -0.3 is 14.5 Å². The highest BCUT2D eigenvalue weighted by Gasteiger charge is 2.14. The number of ether oxygens (including phenoxy) is 1. The number of hydrogen-bond acceptors (Lipinski definition) is 6. The Bertz CT molecular complexity index is 1020. The Hall–Kier alpha value is -2.98. The molecule has 1 N–H and O–H groups in total. The summed E-state index contributed by atoms with van der Waals surface area (Å²) < 4.78 is 11.2. The van der Waals surface area contributed by atoms with E-state index in [1.807, 2.05) is 37.4 Å². The fourth-order valence-corrected chi connectivity index (χ4v) is 2.99. The monoisotopic (exact) mass is 367 g/mol. The van der Waals surface area contributed by atoms with E-state index in [1.54, 1.807) is 12.1 Å². The van der Waals surface area contributed by atoms with Crippen molar-refractivity contribution in [2.75, 3.05) is 18.2 Å². The predicted molar refractivity (Wildman–Crippen MR) is 102 cm³/mol. The second-order valence-corrected chi connectivity index (χ2v) is 6.55. The number of thiocyanates is 1. The van der Waals surface area contributed by atoms with E-state index >= 15 is 0 Å². The van der Waals surface area contributed by atoms with Gasteiger partial charge in [-0.15, -0.1) is 0 Å². The largest absolute Gasteiger partial charge is 0.495 e. The van der Waals surface area contributed by atoms with Gasteiger partial charge in [-0.1, -0.05) is 6.07 Å². The Balaban J connectivity index is 1.98. The Morgan fingerprint density at radius 1 is 1.35 bits per heavy atom. The van der Waals surface area contributed by atoms with Crippen LogP contribution in [0.5, 0.6) is 5.75 Å². The van der Waals surface area contributed by atoms with Crippen LogP contribution in [0, 0.1) is 24.5 Å². The fraction of sp³-hybridized carbons (Fsp3) is 0.211. The minimum absolute atomic E-state index is 0.0469. The maximum absolute atomic E-state index is 11.9. The van der Waals surface area contributed by atoms with E-state index in [-0.39, 0.29) is 11.7 Å². The second-order valence-electron chi connectivity index (χ2n) is 5.79. The van der Waals surface area contributed by atoms with Crippen molar-refractivity contribution < 1.29 is 13.9 Å². The number of aromatic nitrogens is 1. The Morgan fingerprint density at radius 3 is 2.88 bits per heavy atom. The van der Waals surface area contributed by atoms with Crippen molar-refractivity contribution in [1.82, 2.24) is 4.98 Å². The molecule has 0 radical (unpaired) electrons. The third-order valence-electron chi connectivity index (χ3n) is 3.81. The molecule has 6 nitrogen and oxygen atoms in total. The Labute approximate surface area is 155 Å². The first-order valence-electron chi connectivity index (χ1n) is 7.88. The number of nitrogens with one attached hydrogen (secondary N) is 1. The summed E-state index contributed by atoms with van der Waals surface area (Å²) in [6.07, 6.45) is 0. The molecule has 0 saturated carbocycles. The average Bonchev–Trinajstić information content (AvgIpc) is 3.04. The number of nitriles is 1. The molecule has 0 aliphatic carbocycles. The van der Waals surface area contributed by atoms with Crippen LogP contribution in [-0.4, -0.2) is 23.8 Å². The second kappa shape index (κ2) is 7.50. The normalized spacial score (nSPS) is 10.5. The molecule has 0 aliphatic rings. The van der Waals surface area contributed by atoms with Crippen LogP contribution in [0.2, 0.25) is 0 Å². The van der Waals surface area contributed by atoms with Gasteiger partial charge in [0.25, 0.3) is 0 Å². The van der Waals surface area contributed by atoms with Crippen molar-refractivity contribution in [3.05, 3.63) is 41.5 Å². The molecule has 0 spiro atoms. The minimum Gasteiger partial charge on any atom is -0.495 e. The highest BCUT2D eigenvalue weighted by atomic mass is 32.2. The molecule has 132 valence electrons. The number of hydrogen-bond donors (Lipinski definition) is 1. The minimum atomic E-state index is -0.281. The fourth-order valence-electron chi connectivity index (χ4n) is 2.72. The molecule has 0 saturated heterocycles. The van der Waals surface area contributed by atoms with Gasteiger partial charge in [0.05, 0.1) is 18.6 Å². The van der Waals surface area contributed by atoms with Crippen LogP contribution in [0.25, 0.3) is 22.6 Å². The van der Waals surface area contributed by atoms with E-state index in [9.17, 15) is 4.79 Å². The highest BCUT2D eigenvalue weighted by Crippen LogP contribution is 2.33. The summed E-state index contributed by atoms with van der Waals surface area (Å²) in [6.45, 7) is 4.00. The van der Waals surface area contributed by atoms with E-state index in [2.05, 4.69) is 10.3 Å². The number of rotatable bonds is 5. The molecular weight excluding hydrogens is 350 g/mol. The lowest BCUT2D eigenvalue weighted by Gasteiger charge is -2.10. The molecule has 7 heteroatoms. The van der Waals surface area contributed by atoms with Gasteiger partial charge in [0.1, 0.15) is 16.7 Å². The van der Waals surface area contributed by atoms with Crippen molar-refractivity contribution in [1.29, 1.82) is 5.26 Å². The van der Waals surface area contributed by atoms with E-state index in [4.69, 9.17) is 14.4 Å². The summed E-state index contributed by atoms with van der Waals surface area (Å²) in [5.41, 5.74) is 4.91. The zero-order chi connectivity index (χ0) is 18.7. The number of carbonyl (C=O) groups is 1. The van der Waals surface area contributed by atoms with Crippen molar-refractivity contribution in [3.63, 3.8) is 0 Å². The summed E-state index contributed by atoms with van der Waals surface area (Å²) in [7, 11) is 1.53. The summed E-state index contributed by atoms with van der Waals surface area (Å²) in [5, 5.41) is 13.2. The summed E-state index contributed by atoms with van der Waals surface area (Å²) >= 11 is 0.877. The first-order chi connectivity index (χ1) is 12.5. The number of carbonyl (C=O) groups excluding carboxylic acids is 1. The van der Waals surface area contributed by atoms with Crippen LogP contribution in [-0.2, 0) is 4.79 Å². The van der Waals surface area contributed by atoms with Crippen LogP contribution in [0.4, 0.5) is 5.69 Å². The molecule has 3 rings (SSSR count). The van der Waals surface area contributed by atoms with Crippen LogP contribution in [0.3, 0.4) is 0 Å². The van der Waals surface area contributed by atoms with Crippen LogP contribution < -0.4 is 10.1 Å². The zero-order valence-electron chi connectivity index (χ0n) is 14.6. The average molecular weight is 367 g/mol. The quantitative estimate of drug-likeness (QED) is 0.678. The summed E-state index contributed by atoms with van der Waals surface area (Å²) in [4.78, 5) is 16.5. The molecule has 0 bridgehead atoms. The third-order valence-corrected chi connectivity index (χ3v) is 4.34. The van der Waals surface area contributed by atoms with Gasteiger partial charge in [0.15, 0.2) is 5.58 Å². The van der Waals surface area contributed by atoms with Gasteiger partial charge in [-0.05, 0) is 61.0 Å². The van der Waals surface area contributed by atoms with Gasteiger partial charge in [-0.3, -0.25) is 4.79 Å². The number of anilines is 1. The number of methoxy groups -OCH3 is 1. The van der Waals surface area contributed by atoms with Crippen LogP contribution in [0.1, 0.15) is 11.1 Å². The Kier molecular flexibility index (Phi) is 5.14. The standard InChI is InChI=1S/C19H17N3O3S/c1-11-6-12(2)18-15(7-11)22-19(25-18)13-4-5-16(24-3)14(8-13)21-17(23)9-26-10-20/h4-8H,9H2,1-3H3,(H,21,23). The number of fused-ring (bicyclic) bond motifs is 1. The molecule has 26 heavy (non-hydrogen) atoms. The molecule has 1 amide bonds. The number of aryl methyl sites for hydroxylation is 2.